The number of rotatable bonds is 20. The molecule has 21 heteroatoms. The van der Waals surface area contributed by atoms with Crippen molar-refractivity contribution in [3.63, 3.8) is 0 Å². The molecule has 0 radical (unpaired) electrons. The number of aliphatic hydroxyl groups is 1. The minimum atomic E-state index is -1.01. The molecule has 2 aliphatic rings. The van der Waals surface area contributed by atoms with Crippen molar-refractivity contribution in [1.29, 1.82) is 0 Å². The van der Waals surface area contributed by atoms with Gasteiger partial charge >= 0.3 is 0 Å². The van der Waals surface area contributed by atoms with Crippen molar-refractivity contribution >= 4 is 85.9 Å². The number of thiazole rings is 1. The number of carbonyl (C=O) groups excluding carboxylic acids is 5. The van der Waals surface area contributed by atoms with Crippen LogP contribution < -0.4 is 20.9 Å². The fourth-order valence-electron chi connectivity index (χ4n) is 9.90. The summed E-state index contributed by atoms with van der Waals surface area (Å²) in [5.74, 6) is -1.73. The van der Waals surface area contributed by atoms with Gasteiger partial charge in [0.15, 0.2) is 5.82 Å². The molecule has 18 nitrogen and oxygen atoms in total. The molecular weight excluding hydrogens is 1040 g/mol. The van der Waals surface area contributed by atoms with Crippen molar-refractivity contribution in [3.05, 3.63) is 94.3 Å². The minimum absolute atomic E-state index is 0.000337. The molecule has 4 aromatic carbocycles. The maximum absolute atomic E-state index is 17.0. The molecule has 0 saturated carbocycles. The summed E-state index contributed by atoms with van der Waals surface area (Å²) < 4.78 is 22.7. The Morgan fingerprint density at radius 3 is 2.40 bits per heavy atom. The second-order valence-electron chi connectivity index (χ2n) is 21.1. The molecule has 0 unspecified atom stereocenters. The molecule has 414 valence electrons. The number of ether oxygens (including phenoxy) is 1. The third kappa shape index (κ3) is 13.6. The van der Waals surface area contributed by atoms with Crippen LogP contribution in [0.2, 0.25) is 5.02 Å². The van der Waals surface area contributed by atoms with E-state index in [1.165, 1.54) is 15.9 Å². The molecule has 0 aliphatic carbocycles. The number of aromatic hydroxyl groups is 1. The number of amides is 5. The van der Waals surface area contributed by atoms with E-state index in [1.807, 2.05) is 86.6 Å². The zero-order valence-corrected chi connectivity index (χ0v) is 46.5. The maximum atomic E-state index is 17.0. The Bertz CT molecular complexity index is 3160. The normalized spacial score (nSPS) is 16.1. The van der Waals surface area contributed by atoms with E-state index in [-0.39, 0.29) is 91.1 Å². The Hall–Kier alpha value is -7.00. The molecule has 0 bridgehead atoms. The Labute approximate surface area is 462 Å². The first-order valence-electron chi connectivity index (χ1n) is 26.3. The van der Waals surface area contributed by atoms with Crippen LogP contribution in [0.1, 0.15) is 64.1 Å². The first kappa shape index (κ1) is 57.2. The number of phenolic OH excluding ortho intramolecular Hbond substituents is 1. The van der Waals surface area contributed by atoms with Gasteiger partial charge in [0, 0.05) is 96.7 Å². The molecule has 8 rings (SSSR count). The van der Waals surface area contributed by atoms with E-state index in [1.54, 1.807) is 42.5 Å². The van der Waals surface area contributed by atoms with Crippen LogP contribution in [0, 0.1) is 18.2 Å². The summed E-state index contributed by atoms with van der Waals surface area (Å²) in [6.45, 7) is 9.28. The van der Waals surface area contributed by atoms with Crippen LogP contribution in [0.4, 0.5) is 16.2 Å². The number of unbranched alkanes of at least 4 members (excludes halogenated alkanes) is 1. The standard InChI is InChI=1S/C57H68ClFN10O8S/c1-34-51(78-33-62-34)36-16-14-35(15-17-36)18-20-60-54(75)44-29-39(71)31-69(44)55(76)52(57(2,3)4)63-45(72)32-77-26-10-9-13-47(74)67-22-24-68(25-23-67)53-42-30-43(58)48(41-28-38(70)27-37-11-7-8-12-40(37)41)49(59)50(42)64-56(65-53)61-21-19-46(73)66(5)6/h7-8,11-12,14-17,27-28,30,33,39,44,52,70-71H,9-10,13,18-26,29,31-32H2,1-6H3,(H,60,75)(H,63,72)(H,61,64,65)/t39-,44-,52+/m0/s1. The number of nitrogens with one attached hydrogen (secondary N) is 3. The van der Waals surface area contributed by atoms with E-state index >= 15 is 4.39 Å². The summed E-state index contributed by atoms with van der Waals surface area (Å²) in [4.78, 5) is 88.0. The molecular formula is C57H68ClFN10O8S. The van der Waals surface area contributed by atoms with Crippen molar-refractivity contribution in [2.45, 2.75) is 84.4 Å². The molecule has 2 aromatic heterocycles. The summed E-state index contributed by atoms with van der Waals surface area (Å²) in [6, 6.07) is 18.2. The Balaban J connectivity index is 0.812. The van der Waals surface area contributed by atoms with E-state index < -0.39 is 41.2 Å². The SMILES string of the molecule is Cc1ncsc1-c1ccc(CCNC(=O)[C@@H]2C[C@H](O)CN2C(=O)[C@@H](NC(=O)COCCCCC(=O)N2CCN(c3nc(NCCC(=O)N(C)C)nc4c(F)c(-c5cc(O)cc6ccccc56)c(Cl)cc34)CC2)C(C)(C)C)cc1. The zero-order chi connectivity index (χ0) is 55.8. The quantitative estimate of drug-likeness (QED) is 0.0489. The molecule has 2 fully saturated rings. The summed E-state index contributed by atoms with van der Waals surface area (Å²) in [5.41, 5.74) is 4.64. The Morgan fingerprint density at radius 1 is 0.949 bits per heavy atom. The molecule has 2 aliphatic heterocycles. The summed E-state index contributed by atoms with van der Waals surface area (Å²) in [5, 5.41) is 31.9. The second kappa shape index (κ2) is 25.2. The third-order valence-electron chi connectivity index (χ3n) is 14.2. The lowest BCUT2D eigenvalue weighted by Crippen LogP contribution is -2.58. The number of aromatic nitrogens is 3. The van der Waals surface area contributed by atoms with Crippen LogP contribution in [0.25, 0.3) is 43.2 Å². The molecule has 3 atom stereocenters. The van der Waals surface area contributed by atoms with Crippen LogP contribution in [-0.4, -0.2) is 161 Å². The Morgan fingerprint density at radius 2 is 1.69 bits per heavy atom. The highest BCUT2D eigenvalue weighted by Crippen LogP contribution is 2.42. The second-order valence-corrected chi connectivity index (χ2v) is 22.4. The predicted molar refractivity (Wildman–Crippen MR) is 301 cm³/mol. The highest BCUT2D eigenvalue weighted by molar-refractivity contribution is 7.13. The largest absolute Gasteiger partial charge is 0.508 e. The first-order chi connectivity index (χ1) is 37.3. The van der Waals surface area contributed by atoms with Gasteiger partial charge in [-0.2, -0.15) is 4.98 Å². The molecule has 0 spiro atoms. The van der Waals surface area contributed by atoms with Gasteiger partial charge in [-0.1, -0.05) is 80.9 Å². The van der Waals surface area contributed by atoms with Crippen LogP contribution >= 0.6 is 22.9 Å². The van der Waals surface area contributed by atoms with Crippen LogP contribution in [0.15, 0.2) is 72.2 Å². The van der Waals surface area contributed by atoms with Crippen LogP contribution in [0.3, 0.4) is 0 Å². The van der Waals surface area contributed by atoms with Gasteiger partial charge in [-0.3, -0.25) is 24.0 Å². The van der Waals surface area contributed by atoms with Crippen LogP contribution in [-0.2, 0) is 35.1 Å². The lowest BCUT2D eigenvalue weighted by Gasteiger charge is -2.36. The number of aryl methyl sites for hydroxylation is 1. The number of halogens is 2. The van der Waals surface area contributed by atoms with Crippen molar-refractivity contribution in [3.8, 4) is 27.3 Å². The van der Waals surface area contributed by atoms with Gasteiger partial charge < -0.3 is 50.5 Å². The number of hydrogen-bond acceptors (Lipinski definition) is 14. The predicted octanol–water partition coefficient (Wildman–Crippen LogP) is 6.96. The van der Waals surface area contributed by atoms with Gasteiger partial charge in [0.25, 0.3) is 0 Å². The van der Waals surface area contributed by atoms with Gasteiger partial charge in [0.05, 0.1) is 27.2 Å². The Kier molecular flexibility index (Phi) is 18.5. The lowest BCUT2D eigenvalue weighted by atomic mass is 9.85. The van der Waals surface area contributed by atoms with Crippen molar-refractivity contribution in [2.75, 3.05) is 83.3 Å². The number of anilines is 2. The fraction of sp³-hybridized carbons (Fsp3) is 0.439. The molecule has 6 aromatic rings. The summed E-state index contributed by atoms with van der Waals surface area (Å²) >= 11 is 8.50. The number of fused-ring (bicyclic) bond motifs is 2. The zero-order valence-electron chi connectivity index (χ0n) is 44.9. The van der Waals surface area contributed by atoms with E-state index in [0.717, 1.165) is 21.7 Å². The number of carbonyl (C=O) groups is 5. The van der Waals surface area contributed by atoms with Crippen molar-refractivity contribution in [2.24, 2.45) is 5.41 Å². The van der Waals surface area contributed by atoms with Gasteiger partial charge in [0.1, 0.15) is 35.8 Å². The van der Waals surface area contributed by atoms with E-state index in [2.05, 4.69) is 25.9 Å². The molecule has 5 amide bonds. The average molecular weight is 1110 g/mol. The van der Waals surface area contributed by atoms with Crippen LogP contribution in [0.5, 0.6) is 5.75 Å². The molecule has 4 heterocycles. The monoisotopic (exact) mass is 1110 g/mol. The number of piperazine rings is 1. The van der Waals surface area contributed by atoms with E-state index in [9.17, 15) is 34.2 Å². The highest BCUT2D eigenvalue weighted by atomic mass is 35.5. The van der Waals surface area contributed by atoms with Gasteiger partial charge in [0.2, 0.25) is 35.5 Å². The van der Waals surface area contributed by atoms with E-state index in [0.29, 0.717) is 79.5 Å². The first-order valence-corrected chi connectivity index (χ1v) is 27.5. The number of β-amino-alcohol motifs (C(OH)–C–C–N with tert-alkyl or cyclic N) is 1. The molecule has 78 heavy (non-hydrogen) atoms. The lowest BCUT2D eigenvalue weighted by molar-refractivity contribution is -0.144. The number of likely N-dealkylation sites (tertiary alicyclic amines) is 1. The molecule has 5 N–H and O–H groups in total. The number of hydrogen-bond donors (Lipinski definition) is 5. The summed E-state index contributed by atoms with van der Waals surface area (Å²) in [6.07, 6.45) is 1.15. The minimum Gasteiger partial charge on any atom is -0.508 e. The highest BCUT2D eigenvalue weighted by Gasteiger charge is 2.44. The fourth-order valence-corrected chi connectivity index (χ4v) is 11.0. The van der Waals surface area contributed by atoms with Gasteiger partial charge in [-0.15, -0.1) is 11.3 Å². The topological polar surface area (TPSA) is 223 Å². The third-order valence-corrected chi connectivity index (χ3v) is 15.4. The van der Waals surface area contributed by atoms with Gasteiger partial charge in [-0.05, 0) is 77.3 Å². The molecule has 2 saturated heterocycles. The van der Waals surface area contributed by atoms with Crippen molar-refractivity contribution in [1.82, 2.24) is 40.3 Å². The maximum Gasteiger partial charge on any atom is 0.246 e. The number of aliphatic hydroxyl groups excluding tert-OH is 1. The van der Waals surface area contributed by atoms with Gasteiger partial charge in [-0.25, -0.2) is 14.4 Å². The van der Waals surface area contributed by atoms with E-state index in [4.69, 9.17) is 21.3 Å². The summed E-state index contributed by atoms with van der Waals surface area (Å²) in [7, 11) is 3.32. The number of benzene rings is 4. The smallest absolute Gasteiger partial charge is 0.246 e. The number of phenols is 1. The average Bonchev–Trinajstić information content (AvgIpc) is 4.09. The van der Waals surface area contributed by atoms with Crippen molar-refractivity contribution < 1.29 is 43.3 Å². The number of nitrogens with zero attached hydrogens (tertiary/aromatic N) is 7.